The summed E-state index contributed by atoms with van der Waals surface area (Å²) in [5.41, 5.74) is 12.5. The molecule has 0 aliphatic carbocycles. The summed E-state index contributed by atoms with van der Waals surface area (Å²) in [6.45, 7) is -0.00745. The number of hydrazine groups is 2. The molecular weight excluding hydrogens is 232 g/mol. The summed E-state index contributed by atoms with van der Waals surface area (Å²) >= 11 is 4.59. The van der Waals surface area contributed by atoms with Gasteiger partial charge in [-0.15, -0.1) is 0 Å². The lowest BCUT2D eigenvalue weighted by Crippen LogP contribution is -2.46. The second kappa shape index (κ2) is 7.06. The SMILES string of the molecule is NNC(=O)[C@@H](N)CCC(=O)N(N)CC(N)=S. The van der Waals surface area contributed by atoms with Crippen LogP contribution in [0.5, 0.6) is 0 Å². The van der Waals surface area contributed by atoms with E-state index in [9.17, 15) is 9.59 Å². The average Bonchev–Trinajstić information content (AvgIpc) is 2.23. The fourth-order valence-electron chi connectivity index (χ4n) is 0.917. The number of thiocarbonyl (C=S) groups is 1. The third-order valence-electron chi connectivity index (χ3n) is 1.79. The number of nitrogens with two attached hydrogens (primary N) is 4. The van der Waals surface area contributed by atoms with E-state index >= 15 is 0 Å². The van der Waals surface area contributed by atoms with Crippen molar-refractivity contribution in [1.29, 1.82) is 0 Å². The van der Waals surface area contributed by atoms with E-state index in [1.807, 2.05) is 5.43 Å². The van der Waals surface area contributed by atoms with Gasteiger partial charge >= 0.3 is 0 Å². The summed E-state index contributed by atoms with van der Waals surface area (Å²) in [5, 5.41) is 0.884. The van der Waals surface area contributed by atoms with E-state index in [1.165, 1.54) is 0 Å². The Labute approximate surface area is 98.2 Å². The average molecular weight is 248 g/mol. The van der Waals surface area contributed by atoms with Gasteiger partial charge in [-0.25, -0.2) is 11.7 Å². The van der Waals surface area contributed by atoms with Crippen LogP contribution in [0.25, 0.3) is 0 Å². The van der Waals surface area contributed by atoms with Crippen molar-refractivity contribution in [2.24, 2.45) is 23.2 Å². The molecule has 9 heteroatoms. The highest BCUT2D eigenvalue weighted by atomic mass is 32.1. The molecule has 0 aromatic rings. The molecule has 0 fully saturated rings. The molecule has 0 aromatic heterocycles. The number of nitrogens with zero attached hydrogens (tertiary/aromatic N) is 1. The highest BCUT2D eigenvalue weighted by molar-refractivity contribution is 7.80. The molecule has 2 amide bonds. The van der Waals surface area contributed by atoms with Crippen molar-refractivity contribution in [2.75, 3.05) is 6.54 Å². The van der Waals surface area contributed by atoms with Gasteiger partial charge in [0.1, 0.15) is 0 Å². The fourth-order valence-corrected chi connectivity index (χ4v) is 1.06. The molecule has 0 rings (SSSR count). The van der Waals surface area contributed by atoms with Crippen LogP contribution in [0, 0.1) is 0 Å². The highest BCUT2D eigenvalue weighted by Crippen LogP contribution is 1.97. The van der Waals surface area contributed by atoms with Gasteiger partial charge in [0.25, 0.3) is 5.91 Å². The lowest BCUT2D eigenvalue weighted by atomic mass is 10.1. The molecule has 0 aliphatic rings. The van der Waals surface area contributed by atoms with Crippen molar-refractivity contribution in [3.63, 3.8) is 0 Å². The maximum Gasteiger partial charge on any atom is 0.250 e. The van der Waals surface area contributed by atoms with Crippen molar-refractivity contribution in [3.8, 4) is 0 Å². The van der Waals surface area contributed by atoms with E-state index in [0.717, 1.165) is 5.01 Å². The van der Waals surface area contributed by atoms with Gasteiger partial charge in [-0.3, -0.25) is 20.0 Å². The number of hydrogen-bond acceptors (Lipinski definition) is 6. The Balaban J connectivity index is 3.97. The van der Waals surface area contributed by atoms with Gasteiger partial charge in [-0.1, -0.05) is 12.2 Å². The van der Waals surface area contributed by atoms with Crippen LogP contribution in [0.3, 0.4) is 0 Å². The lowest BCUT2D eigenvalue weighted by molar-refractivity contribution is -0.131. The number of rotatable bonds is 6. The largest absolute Gasteiger partial charge is 0.392 e. The summed E-state index contributed by atoms with van der Waals surface area (Å²) in [7, 11) is 0. The summed E-state index contributed by atoms with van der Waals surface area (Å²) in [6, 6.07) is -0.841. The molecule has 0 unspecified atom stereocenters. The Morgan fingerprint density at radius 3 is 2.44 bits per heavy atom. The van der Waals surface area contributed by atoms with Gasteiger partial charge in [-0.05, 0) is 6.42 Å². The van der Waals surface area contributed by atoms with Crippen LogP contribution in [-0.2, 0) is 9.59 Å². The van der Waals surface area contributed by atoms with Gasteiger partial charge in [-0.2, -0.15) is 0 Å². The van der Waals surface area contributed by atoms with Crippen LogP contribution in [0.2, 0.25) is 0 Å². The molecule has 0 heterocycles. The van der Waals surface area contributed by atoms with Crippen molar-refractivity contribution in [1.82, 2.24) is 10.4 Å². The first-order valence-corrected chi connectivity index (χ1v) is 4.88. The molecule has 0 spiro atoms. The van der Waals surface area contributed by atoms with Crippen LogP contribution in [-0.4, -0.2) is 34.4 Å². The molecular formula is C7H16N6O2S. The molecule has 8 nitrogen and oxygen atoms in total. The van der Waals surface area contributed by atoms with E-state index in [2.05, 4.69) is 12.2 Å². The zero-order valence-electron chi connectivity index (χ0n) is 8.68. The van der Waals surface area contributed by atoms with Crippen molar-refractivity contribution in [3.05, 3.63) is 0 Å². The van der Waals surface area contributed by atoms with E-state index in [0.29, 0.717) is 0 Å². The Bertz CT molecular complexity index is 284. The Morgan fingerprint density at radius 2 is 2.00 bits per heavy atom. The molecule has 0 saturated heterocycles. The number of amides is 2. The molecule has 1 atom stereocenters. The molecule has 0 saturated carbocycles. The summed E-state index contributed by atoms with van der Waals surface area (Å²) in [6.07, 6.45) is 0.167. The zero-order chi connectivity index (χ0) is 12.7. The molecule has 0 radical (unpaired) electrons. The second-order valence-corrected chi connectivity index (χ2v) is 3.67. The van der Waals surface area contributed by atoms with Crippen molar-refractivity contribution in [2.45, 2.75) is 18.9 Å². The van der Waals surface area contributed by atoms with Crippen molar-refractivity contribution < 1.29 is 9.59 Å². The Hall–Kier alpha value is -1.29. The highest BCUT2D eigenvalue weighted by Gasteiger charge is 2.16. The van der Waals surface area contributed by atoms with Gasteiger partial charge in [0.2, 0.25) is 5.91 Å². The van der Waals surface area contributed by atoms with Crippen LogP contribution in [0.4, 0.5) is 0 Å². The number of carbonyl (C=O) groups is 2. The van der Waals surface area contributed by atoms with Gasteiger partial charge in [0.05, 0.1) is 17.6 Å². The topological polar surface area (TPSA) is 153 Å². The molecule has 0 bridgehead atoms. The number of carbonyl (C=O) groups excluding carboxylic acids is 2. The summed E-state index contributed by atoms with van der Waals surface area (Å²) < 4.78 is 0. The molecule has 16 heavy (non-hydrogen) atoms. The summed E-state index contributed by atoms with van der Waals surface area (Å²) in [4.78, 5) is 22.4. The first-order chi connectivity index (χ1) is 7.38. The zero-order valence-corrected chi connectivity index (χ0v) is 9.50. The van der Waals surface area contributed by atoms with Crippen molar-refractivity contribution >= 4 is 29.0 Å². The van der Waals surface area contributed by atoms with Crippen LogP contribution in [0.1, 0.15) is 12.8 Å². The quantitative estimate of drug-likeness (QED) is 0.146. The third-order valence-corrected chi connectivity index (χ3v) is 1.92. The predicted octanol–water partition coefficient (Wildman–Crippen LogP) is -2.93. The van der Waals surface area contributed by atoms with Gasteiger partial charge < -0.3 is 11.5 Å². The van der Waals surface area contributed by atoms with E-state index in [-0.39, 0.29) is 24.4 Å². The molecule has 92 valence electrons. The standard InChI is InChI=1S/C7H16N6O2S/c8-4(7(15)12-10)1-2-6(14)13(11)3-5(9)16/h4H,1-3,8,10-11H2,(H2,9,16)(H,12,15)/t4-/m0/s1. The van der Waals surface area contributed by atoms with E-state index in [4.69, 9.17) is 23.2 Å². The Kier molecular flexibility index (Phi) is 6.49. The normalized spacial score (nSPS) is 11.7. The minimum Gasteiger partial charge on any atom is -0.392 e. The minimum absolute atomic E-state index is 0.00745. The van der Waals surface area contributed by atoms with Gasteiger partial charge in [0, 0.05) is 6.42 Å². The smallest absolute Gasteiger partial charge is 0.250 e. The maximum absolute atomic E-state index is 11.4. The van der Waals surface area contributed by atoms with Crippen LogP contribution >= 0.6 is 12.2 Å². The number of hydrogen-bond donors (Lipinski definition) is 5. The maximum atomic E-state index is 11.4. The summed E-state index contributed by atoms with van der Waals surface area (Å²) in [5.74, 6) is 9.30. The monoisotopic (exact) mass is 248 g/mol. The fraction of sp³-hybridized carbons (Fsp3) is 0.571. The van der Waals surface area contributed by atoms with Crippen LogP contribution in [0.15, 0.2) is 0 Å². The van der Waals surface area contributed by atoms with E-state index < -0.39 is 17.9 Å². The first-order valence-electron chi connectivity index (χ1n) is 4.48. The van der Waals surface area contributed by atoms with E-state index in [1.54, 1.807) is 0 Å². The Morgan fingerprint density at radius 1 is 1.44 bits per heavy atom. The molecule has 0 aliphatic heterocycles. The molecule has 0 aromatic carbocycles. The molecule has 9 N–H and O–H groups in total. The number of nitrogens with one attached hydrogen (secondary N) is 1. The van der Waals surface area contributed by atoms with Gasteiger partial charge in [0.15, 0.2) is 0 Å². The minimum atomic E-state index is -0.841. The first kappa shape index (κ1) is 14.7. The predicted molar refractivity (Wildman–Crippen MR) is 62.2 cm³/mol. The third kappa shape index (κ3) is 5.56. The van der Waals surface area contributed by atoms with Crippen LogP contribution < -0.4 is 28.6 Å². The second-order valence-electron chi connectivity index (χ2n) is 3.14. The lowest BCUT2D eigenvalue weighted by Gasteiger charge is -2.16.